The van der Waals surface area contributed by atoms with Gasteiger partial charge in [-0.25, -0.2) is 4.79 Å². The summed E-state index contributed by atoms with van der Waals surface area (Å²) in [6.07, 6.45) is 3.22. The standard InChI is InChI=1S/C15H21ClN2O2/c1-9(2)11-5-4-10(3)8-13(11)20-15(19)12-6-7-14(16)18-17-12/h6-7,9-11,13H,4-5,8H2,1-3H3. The third-order valence-electron chi connectivity index (χ3n) is 4.06. The van der Waals surface area contributed by atoms with E-state index in [2.05, 4.69) is 31.0 Å². The van der Waals surface area contributed by atoms with Gasteiger partial charge in [-0.3, -0.25) is 0 Å². The summed E-state index contributed by atoms with van der Waals surface area (Å²) in [5.41, 5.74) is 0.218. The molecule has 20 heavy (non-hydrogen) atoms. The summed E-state index contributed by atoms with van der Waals surface area (Å²) in [6.45, 7) is 6.58. The molecule has 0 bridgehead atoms. The molecule has 2 rings (SSSR count). The van der Waals surface area contributed by atoms with Crippen LogP contribution in [0.3, 0.4) is 0 Å². The van der Waals surface area contributed by atoms with Crippen LogP contribution in [-0.4, -0.2) is 22.3 Å². The first-order valence-corrected chi connectivity index (χ1v) is 7.55. The maximum Gasteiger partial charge on any atom is 0.359 e. The van der Waals surface area contributed by atoms with Crippen LogP contribution < -0.4 is 0 Å². The van der Waals surface area contributed by atoms with E-state index in [4.69, 9.17) is 16.3 Å². The van der Waals surface area contributed by atoms with Gasteiger partial charge in [-0.2, -0.15) is 0 Å². The van der Waals surface area contributed by atoms with Crippen LogP contribution in [0, 0.1) is 17.8 Å². The minimum Gasteiger partial charge on any atom is -0.457 e. The molecule has 0 N–H and O–H groups in total. The molecule has 0 aromatic carbocycles. The normalized spacial score (nSPS) is 26.6. The number of esters is 1. The van der Waals surface area contributed by atoms with Gasteiger partial charge in [0.2, 0.25) is 0 Å². The van der Waals surface area contributed by atoms with E-state index in [0.717, 1.165) is 12.8 Å². The number of carbonyl (C=O) groups is 1. The fraction of sp³-hybridized carbons (Fsp3) is 0.667. The Bertz CT molecular complexity index is 461. The quantitative estimate of drug-likeness (QED) is 0.797. The maximum absolute atomic E-state index is 12.1. The van der Waals surface area contributed by atoms with Crippen LogP contribution in [0.15, 0.2) is 12.1 Å². The summed E-state index contributed by atoms with van der Waals surface area (Å²) < 4.78 is 5.68. The first-order chi connectivity index (χ1) is 9.47. The molecule has 1 heterocycles. The van der Waals surface area contributed by atoms with Gasteiger partial charge in [-0.1, -0.05) is 38.8 Å². The van der Waals surface area contributed by atoms with Crippen molar-refractivity contribution < 1.29 is 9.53 Å². The van der Waals surface area contributed by atoms with Crippen molar-refractivity contribution in [1.29, 1.82) is 0 Å². The molecule has 1 aromatic heterocycles. The van der Waals surface area contributed by atoms with Gasteiger partial charge in [-0.05, 0) is 42.7 Å². The Morgan fingerprint density at radius 2 is 2.10 bits per heavy atom. The minimum absolute atomic E-state index is 0.0243. The zero-order chi connectivity index (χ0) is 14.7. The Morgan fingerprint density at radius 3 is 2.70 bits per heavy atom. The topological polar surface area (TPSA) is 52.1 Å². The van der Waals surface area contributed by atoms with Crippen LogP contribution in [-0.2, 0) is 4.74 Å². The number of hydrogen-bond donors (Lipinski definition) is 0. The van der Waals surface area contributed by atoms with Crippen LogP contribution >= 0.6 is 11.6 Å². The molecule has 0 spiro atoms. The molecule has 1 aliphatic rings. The second-order valence-electron chi connectivity index (χ2n) is 6.01. The molecule has 3 unspecified atom stereocenters. The number of hydrogen-bond acceptors (Lipinski definition) is 4. The maximum atomic E-state index is 12.1. The van der Waals surface area contributed by atoms with Gasteiger partial charge in [0.05, 0.1) is 0 Å². The monoisotopic (exact) mass is 296 g/mol. The molecular formula is C15H21ClN2O2. The van der Waals surface area contributed by atoms with E-state index in [9.17, 15) is 4.79 Å². The average molecular weight is 297 g/mol. The van der Waals surface area contributed by atoms with Crippen LogP contribution in [0.1, 0.15) is 50.5 Å². The van der Waals surface area contributed by atoms with Crippen molar-refractivity contribution in [3.8, 4) is 0 Å². The number of nitrogens with zero attached hydrogens (tertiary/aromatic N) is 2. The van der Waals surface area contributed by atoms with E-state index in [1.54, 1.807) is 12.1 Å². The third-order valence-corrected chi connectivity index (χ3v) is 4.26. The van der Waals surface area contributed by atoms with Crippen molar-refractivity contribution in [2.75, 3.05) is 0 Å². The van der Waals surface area contributed by atoms with Crippen LogP contribution in [0.4, 0.5) is 0 Å². The highest BCUT2D eigenvalue weighted by Crippen LogP contribution is 2.35. The second kappa shape index (κ2) is 6.53. The summed E-state index contributed by atoms with van der Waals surface area (Å²) >= 11 is 5.67. The number of carbonyl (C=O) groups excluding carboxylic acids is 1. The second-order valence-corrected chi connectivity index (χ2v) is 6.40. The summed E-state index contributed by atoms with van der Waals surface area (Å²) in [5.74, 6) is 1.13. The van der Waals surface area contributed by atoms with Gasteiger partial charge in [0, 0.05) is 0 Å². The smallest absolute Gasteiger partial charge is 0.359 e. The summed E-state index contributed by atoms with van der Waals surface area (Å²) in [7, 11) is 0. The lowest BCUT2D eigenvalue weighted by Gasteiger charge is -2.36. The number of ether oxygens (including phenoxy) is 1. The molecular weight excluding hydrogens is 276 g/mol. The van der Waals surface area contributed by atoms with Crippen LogP contribution in [0.5, 0.6) is 0 Å². The Balaban J connectivity index is 2.05. The predicted molar refractivity (Wildman–Crippen MR) is 77.6 cm³/mol. The molecule has 4 nitrogen and oxygen atoms in total. The molecule has 1 saturated carbocycles. The van der Waals surface area contributed by atoms with Crippen molar-refractivity contribution in [2.24, 2.45) is 17.8 Å². The average Bonchev–Trinajstić information content (AvgIpc) is 2.39. The summed E-state index contributed by atoms with van der Waals surface area (Å²) in [5, 5.41) is 7.72. The Hall–Kier alpha value is -1.16. The first kappa shape index (κ1) is 15.2. The minimum atomic E-state index is -0.404. The van der Waals surface area contributed by atoms with E-state index in [1.165, 1.54) is 6.42 Å². The largest absolute Gasteiger partial charge is 0.457 e. The highest BCUT2D eigenvalue weighted by molar-refractivity contribution is 6.29. The summed E-state index contributed by atoms with van der Waals surface area (Å²) in [6, 6.07) is 3.10. The van der Waals surface area contributed by atoms with E-state index < -0.39 is 5.97 Å². The number of rotatable bonds is 3. The van der Waals surface area contributed by atoms with Crippen molar-refractivity contribution in [3.63, 3.8) is 0 Å². The highest BCUT2D eigenvalue weighted by atomic mass is 35.5. The van der Waals surface area contributed by atoms with Crippen LogP contribution in [0.25, 0.3) is 0 Å². The fourth-order valence-electron chi connectivity index (χ4n) is 2.87. The van der Waals surface area contributed by atoms with Gasteiger partial charge in [0.1, 0.15) is 6.10 Å². The predicted octanol–water partition coefficient (Wildman–Crippen LogP) is 3.75. The van der Waals surface area contributed by atoms with Gasteiger partial charge in [0.25, 0.3) is 0 Å². The molecule has 1 fully saturated rings. The van der Waals surface area contributed by atoms with Crippen molar-refractivity contribution in [2.45, 2.75) is 46.1 Å². The molecule has 0 saturated heterocycles. The molecule has 1 aromatic rings. The van der Waals surface area contributed by atoms with Crippen LogP contribution in [0.2, 0.25) is 5.15 Å². The molecule has 0 aliphatic heterocycles. The third kappa shape index (κ3) is 3.69. The number of aromatic nitrogens is 2. The fourth-order valence-corrected chi connectivity index (χ4v) is 2.97. The zero-order valence-corrected chi connectivity index (χ0v) is 12.9. The molecule has 110 valence electrons. The van der Waals surface area contributed by atoms with E-state index in [-0.39, 0.29) is 17.0 Å². The van der Waals surface area contributed by atoms with Gasteiger partial charge in [0.15, 0.2) is 10.8 Å². The number of halogens is 1. The van der Waals surface area contributed by atoms with E-state index in [0.29, 0.717) is 17.8 Å². The SMILES string of the molecule is CC1CCC(C(C)C)C(OC(=O)c2ccc(Cl)nn2)C1. The van der Waals surface area contributed by atoms with E-state index in [1.807, 2.05) is 0 Å². The summed E-state index contributed by atoms with van der Waals surface area (Å²) in [4.78, 5) is 12.1. The van der Waals surface area contributed by atoms with Crippen molar-refractivity contribution in [1.82, 2.24) is 10.2 Å². The van der Waals surface area contributed by atoms with Gasteiger partial charge < -0.3 is 4.74 Å². The lowest BCUT2D eigenvalue weighted by molar-refractivity contribution is -0.0180. The van der Waals surface area contributed by atoms with Crippen molar-refractivity contribution >= 4 is 17.6 Å². The molecule has 0 radical (unpaired) electrons. The highest BCUT2D eigenvalue weighted by Gasteiger charge is 2.33. The lowest BCUT2D eigenvalue weighted by Crippen LogP contribution is -2.36. The van der Waals surface area contributed by atoms with Crippen molar-refractivity contribution in [3.05, 3.63) is 23.0 Å². The Labute approximate surface area is 124 Å². The van der Waals surface area contributed by atoms with Gasteiger partial charge >= 0.3 is 5.97 Å². The lowest BCUT2D eigenvalue weighted by atomic mass is 9.75. The first-order valence-electron chi connectivity index (χ1n) is 7.17. The Kier molecular flexibility index (Phi) is 4.97. The van der Waals surface area contributed by atoms with Gasteiger partial charge in [-0.15, -0.1) is 10.2 Å². The molecule has 1 aliphatic carbocycles. The molecule has 5 heteroatoms. The molecule has 3 atom stereocenters. The molecule has 0 amide bonds. The Morgan fingerprint density at radius 1 is 1.35 bits per heavy atom. The zero-order valence-electron chi connectivity index (χ0n) is 12.2. The van der Waals surface area contributed by atoms with E-state index >= 15 is 0 Å².